The molecule has 1 aromatic carbocycles. The summed E-state index contributed by atoms with van der Waals surface area (Å²) in [6, 6.07) is 6.41. The van der Waals surface area contributed by atoms with Gasteiger partial charge in [0.2, 0.25) is 0 Å². The van der Waals surface area contributed by atoms with Crippen molar-refractivity contribution in [2.75, 3.05) is 34.1 Å². The zero-order chi connectivity index (χ0) is 17.4. The van der Waals surface area contributed by atoms with Gasteiger partial charge in [0.1, 0.15) is 11.5 Å². The van der Waals surface area contributed by atoms with E-state index >= 15 is 0 Å². The molecule has 0 bridgehead atoms. The van der Waals surface area contributed by atoms with Crippen molar-refractivity contribution in [3.05, 3.63) is 23.8 Å². The Hall–Kier alpha value is -0.830. The third-order valence-corrected chi connectivity index (χ3v) is 5.55. The topological polar surface area (TPSA) is 54.9 Å². The Morgan fingerprint density at radius 1 is 1.28 bits per heavy atom. The molecular weight excluding hydrogens is 449 g/mol. The Kier molecular flexibility index (Phi) is 10.4. The fourth-order valence-corrected chi connectivity index (χ4v) is 3.86. The number of benzene rings is 1. The minimum atomic E-state index is 0. The third-order valence-electron chi connectivity index (χ3n) is 4.46. The molecule has 1 saturated carbocycles. The number of ether oxygens (including phenoxy) is 2. The minimum Gasteiger partial charge on any atom is -0.497 e. The van der Waals surface area contributed by atoms with Crippen LogP contribution in [0.15, 0.2) is 23.2 Å². The van der Waals surface area contributed by atoms with E-state index in [0.29, 0.717) is 6.04 Å². The maximum Gasteiger partial charge on any atom is 0.191 e. The molecule has 0 saturated heterocycles. The van der Waals surface area contributed by atoms with Gasteiger partial charge >= 0.3 is 0 Å². The zero-order valence-corrected chi connectivity index (χ0v) is 18.6. The maximum atomic E-state index is 5.43. The standard InChI is InChI=1S/C18H29N3O2S.HI/c1-19-18(21-14-5-7-16(12-14)24-4)20-10-9-13-11-15(22-2)6-8-17(13)23-3;/h6,8,11,14,16H,5,7,9-10,12H2,1-4H3,(H2,19,20,21);1H. The number of aliphatic imine (C=N–C) groups is 1. The summed E-state index contributed by atoms with van der Waals surface area (Å²) in [7, 11) is 5.20. The summed E-state index contributed by atoms with van der Waals surface area (Å²) in [6.45, 7) is 0.794. The van der Waals surface area contributed by atoms with E-state index in [1.807, 2.05) is 37.0 Å². The summed E-state index contributed by atoms with van der Waals surface area (Å²) in [5.41, 5.74) is 1.13. The van der Waals surface area contributed by atoms with E-state index in [1.165, 1.54) is 19.3 Å². The van der Waals surface area contributed by atoms with Crippen LogP contribution in [-0.2, 0) is 6.42 Å². The summed E-state index contributed by atoms with van der Waals surface area (Å²) >= 11 is 1.97. The quantitative estimate of drug-likeness (QED) is 0.357. The molecule has 7 heteroatoms. The van der Waals surface area contributed by atoms with E-state index < -0.39 is 0 Å². The molecule has 142 valence electrons. The Labute approximate surface area is 172 Å². The molecule has 0 radical (unpaired) electrons. The number of thioether (sulfide) groups is 1. The fourth-order valence-electron chi connectivity index (χ4n) is 3.07. The predicted molar refractivity (Wildman–Crippen MR) is 118 cm³/mol. The highest BCUT2D eigenvalue weighted by Crippen LogP contribution is 2.28. The van der Waals surface area contributed by atoms with Gasteiger partial charge in [0.25, 0.3) is 0 Å². The Morgan fingerprint density at radius 2 is 2.08 bits per heavy atom. The van der Waals surface area contributed by atoms with Crippen LogP contribution in [0.5, 0.6) is 11.5 Å². The average Bonchev–Trinajstić information content (AvgIpc) is 3.08. The Balaban J connectivity index is 0.00000312. The largest absolute Gasteiger partial charge is 0.497 e. The van der Waals surface area contributed by atoms with Crippen LogP contribution in [0, 0.1) is 0 Å². The fraction of sp³-hybridized carbons (Fsp3) is 0.611. The molecule has 2 atom stereocenters. The molecule has 2 unspecified atom stereocenters. The minimum absolute atomic E-state index is 0. The molecule has 0 aromatic heterocycles. The first-order valence-electron chi connectivity index (χ1n) is 8.41. The lowest BCUT2D eigenvalue weighted by molar-refractivity contribution is 0.398. The van der Waals surface area contributed by atoms with Gasteiger partial charge in [-0.2, -0.15) is 11.8 Å². The van der Waals surface area contributed by atoms with Gasteiger partial charge in [-0.15, -0.1) is 24.0 Å². The maximum absolute atomic E-state index is 5.43. The van der Waals surface area contributed by atoms with Crippen molar-refractivity contribution in [1.29, 1.82) is 0 Å². The van der Waals surface area contributed by atoms with Crippen LogP contribution in [-0.4, -0.2) is 51.3 Å². The van der Waals surface area contributed by atoms with Gasteiger partial charge in [0, 0.05) is 24.9 Å². The number of hydrogen-bond donors (Lipinski definition) is 2. The van der Waals surface area contributed by atoms with Gasteiger partial charge in [0.05, 0.1) is 14.2 Å². The van der Waals surface area contributed by atoms with E-state index in [2.05, 4.69) is 21.9 Å². The number of nitrogens with zero attached hydrogens (tertiary/aromatic N) is 1. The molecule has 0 amide bonds. The van der Waals surface area contributed by atoms with Gasteiger partial charge in [-0.1, -0.05) is 0 Å². The second kappa shape index (κ2) is 11.7. The molecule has 2 N–H and O–H groups in total. The Morgan fingerprint density at radius 3 is 2.68 bits per heavy atom. The second-order valence-electron chi connectivity index (χ2n) is 5.94. The molecule has 1 aliphatic carbocycles. The third kappa shape index (κ3) is 6.77. The van der Waals surface area contributed by atoms with Crippen molar-refractivity contribution < 1.29 is 9.47 Å². The number of methoxy groups -OCH3 is 2. The molecule has 1 aliphatic rings. The highest BCUT2D eigenvalue weighted by Gasteiger charge is 2.24. The summed E-state index contributed by atoms with van der Waals surface area (Å²) in [4.78, 5) is 4.34. The number of hydrogen-bond acceptors (Lipinski definition) is 4. The summed E-state index contributed by atoms with van der Waals surface area (Å²) in [6.07, 6.45) is 6.76. The highest BCUT2D eigenvalue weighted by atomic mass is 127. The van der Waals surface area contributed by atoms with Crippen molar-refractivity contribution in [3.63, 3.8) is 0 Å². The SMILES string of the molecule is CN=C(NCCc1cc(OC)ccc1OC)NC1CCC(SC)C1.I. The number of halogens is 1. The molecule has 0 aliphatic heterocycles. The van der Waals surface area contributed by atoms with Gasteiger partial charge in [0.15, 0.2) is 5.96 Å². The molecule has 0 heterocycles. The first kappa shape index (κ1) is 22.2. The van der Waals surface area contributed by atoms with Gasteiger partial charge in [-0.25, -0.2) is 0 Å². The lowest BCUT2D eigenvalue weighted by Crippen LogP contribution is -2.43. The van der Waals surface area contributed by atoms with Crippen molar-refractivity contribution >= 4 is 41.7 Å². The van der Waals surface area contributed by atoms with Crippen molar-refractivity contribution in [2.45, 2.75) is 37.0 Å². The van der Waals surface area contributed by atoms with Crippen LogP contribution in [0.4, 0.5) is 0 Å². The van der Waals surface area contributed by atoms with E-state index in [9.17, 15) is 0 Å². The molecule has 2 rings (SSSR count). The molecule has 5 nitrogen and oxygen atoms in total. The number of rotatable bonds is 7. The van der Waals surface area contributed by atoms with E-state index in [-0.39, 0.29) is 24.0 Å². The van der Waals surface area contributed by atoms with Crippen LogP contribution >= 0.6 is 35.7 Å². The lowest BCUT2D eigenvalue weighted by Gasteiger charge is -2.18. The van der Waals surface area contributed by atoms with Gasteiger partial charge in [-0.3, -0.25) is 4.99 Å². The van der Waals surface area contributed by atoms with Crippen molar-refractivity contribution in [3.8, 4) is 11.5 Å². The summed E-state index contributed by atoms with van der Waals surface area (Å²) in [5, 5.41) is 7.72. The van der Waals surface area contributed by atoms with E-state index in [4.69, 9.17) is 9.47 Å². The zero-order valence-electron chi connectivity index (χ0n) is 15.5. The van der Waals surface area contributed by atoms with Crippen LogP contribution < -0.4 is 20.1 Å². The van der Waals surface area contributed by atoms with Crippen LogP contribution in [0.1, 0.15) is 24.8 Å². The van der Waals surface area contributed by atoms with Crippen molar-refractivity contribution in [1.82, 2.24) is 10.6 Å². The molecule has 1 aromatic rings. The Bertz CT molecular complexity index is 557. The lowest BCUT2D eigenvalue weighted by atomic mass is 10.1. The first-order valence-corrected chi connectivity index (χ1v) is 9.69. The normalized spacial score (nSPS) is 19.9. The van der Waals surface area contributed by atoms with E-state index in [0.717, 1.165) is 41.2 Å². The molecule has 0 spiro atoms. The predicted octanol–water partition coefficient (Wildman–Crippen LogP) is 3.31. The average molecular weight is 479 g/mol. The number of guanidine groups is 1. The monoisotopic (exact) mass is 479 g/mol. The second-order valence-corrected chi connectivity index (χ2v) is 7.08. The van der Waals surface area contributed by atoms with Gasteiger partial charge in [-0.05, 0) is 55.7 Å². The molecule has 1 fully saturated rings. The van der Waals surface area contributed by atoms with E-state index in [1.54, 1.807) is 14.2 Å². The first-order chi connectivity index (χ1) is 11.7. The number of nitrogens with one attached hydrogen (secondary N) is 2. The van der Waals surface area contributed by atoms with Crippen LogP contribution in [0.3, 0.4) is 0 Å². The smallest absolute Gasteiger partial charge is 0.191 e. The van der Waals surface area contributed by atoms with Crippen molar-refractivity contribution in [2.24, 2.45) is 4.99 Å². The molecule has 25 heavy (non-hydrogen) atoms. The summed E-state index contributed by atoms with van der Waals surface area (Å²) < 4.78 is 10.7. The molecular formula is C18H30IN3O2S. The highest BCUT2D eigenvalue weighted by molar-refractivity contribution is 14.0. The van der Waals surface area contributed by atoms with Crippen LogP contribution in [0.25, 0.3) is 0 Å². The summed E-state index contributed by atoms with van der Waals surface area (Å²) in [5.74, 6) is 2.62. The van der Waals surface area contributed by atoms with Crippen LogP contribution in [0.2, 0.25) is 0 Å². The van der Waals surface area contributed by atoms with Gasteiger partial charge < -0.3 is 20.1 Å².